The van der Waals surface area contributed by atoms with Gasteiger partial charge in [0.15, 0.2) is 5.78 Å². The highest BCUT2D eigenvalue weighted by Crippen LogP contribution is 2.22. The molecule has 0 radical (unpaired) electrons. The van der Waals surface area contributed by atoms with Crippen molar-refractivity contribution in [1.82, 2.24) is 4.98 Å². The Morgan fingerprint density at radius 3 is 2.83 bits per heavy atom. The van der Waals surface area contributed by atoms with Crippen molar-refractivity contribution < 1.29 is 14.7 Å². The number of aliphatic carboxylic acids is 1. The number of H-pyrrole nitrogens is 1. The van der Waals surface area contributed by atoms with Gasteiger partial charge in [0.2, 0.25) is 0 Å². The molecule has 2 rings (SSSR count). The van der Waals surface area contributed by atoms with Crippen molar-refractivity contribution in [3.63, 3.8) is 0 Å². The first-order valence-corrected chi connectivity index (χ1v) is 5.59. The number of hydrogen-bond donors (Lipinski definition) is 2. The number of aromatic amines is 1. The zero-order valence-electron chi connectivity index (χ0n) is 9.93. The molecule has 1 aromatic heterocycles. The normalized spacial score (nSPS) is 11.2. The minimum atomic E-state index is -0.960. The van der Waals surface area contributed by atoms with Gasteiger partial charge in [-0.15, -0.1) is 0 Å². The summed E-state index contributed by atoms with van der Waals surface area (Å²) < 4.78 is 0. The molecular weight excluding hydrogens is 230 g/mol. The van der Waals surface area contributed by atoms with Crippen LogP contribution >= 0.6 is 0 Å². The van der Waals surface area contributed by atoms with Crippen molar-refractivity contribution in [2.24, 2.45) is 0 Å². The molecule has 2 aromatic rings. The fourth-order valence-electron chi connectivity index (χ4n) is 1.97. The number of carbonyl (C=O) groups is 2. The number of fused-ring (bicyclic) bond motifs is 1. The Morgan fingerprint density at radius 1 is 1.39 bits per heavy atom. The maximum Gasteiger partial charge on any atom is 0.327 e. The molecule has 1 aromatic carbocycles. The van der Waals surface area contributed by atoms with Crippen molar-refractivity contribution in [3.05, 3.63) is 47.7 Å². The average molecular weight is 243 g/mol. The predicted octanol–water partition coefficient (Wildman–Crippen LogP) is 2.55. The molecular formula is C14H13NO3. The van der Waals surface area contributed by atoms with E-state index >= 15 is 0 Å². The smallest absolute Gasteiger partial charge is 0.327 e. The van der Waals surface area contributed by atoms with E-state index in [4.69, 9.17) is 5.11 Å². The SMILES string of the molecule is CC(=O)c1c[nH]c2c(CC=CC(=O)O)cccc12. The largest absolute Gasteiger partial charge is 0.478 e. The Kier molecular flexibility index (Phi) is 3.28. The summed E-state index contributed by atoms with van der Waals surface area (Å²) in [5, 5.41) is 9.42. The summed E-state index contributed by atoms with van der Waals surface area (Å²) >= 11 is 0. The molecule has 0 fully saturated rings. The van der Waals surface area contributed by atoms with Crippen molar-refractivity contribution in [3.8, 4) is 0 Å². The zero-order chi connectivity index (χ0) is 13.1. The third-order valence-corrected chi connectivity index (χ3v) is 2.78. The van der Waals surface area contributed by atoms with Crippen molar-refractivity contribution in [1.29, 1.82) is 0 Å². The molecule has 4 heteroatoms. The lowest BCUT2D eigenvalue weighted by Gasteiger charge is -2.00. The van der Waals surface area contributed by atoms with Crippen LogP contribution in [0.25, 0.3) is 10.9 Å². The number of Topliss-reactive ketones (excluding diaryl/α,β-unsaturated/α-hetero) is 1. The molecule has 0 amide bonds. The number of nitrogens with one attached hydrogen (secondary N) is 1. The van der Waals surface area contributed by atoms with Crippen LogP contribution < -0.4 is 0 Å². The number of hydrogen-bond acceptors (Lipinski definition) is 2. The van der Waals surface area contributed by atoms with E-state index in [1.165, 1.54) is 6.92 Å². The molecule has 2 N–H and O–H groups in total. The van der Waals surface area contributed by atoms with Crippen LogP contribution in [0, 0.1) is 0 Å². The molecule has 0 spiro atoms. The van der Waals surface area contributed by atoms with Gasteiger partial charge in [0.1, 0.15) is 0 Å². The van der Waals surface area contributed by atoms with Crippen LogP contribution in [0.1, 0.15) is 22.8 Å². The van der Waals surface area contributed by atoms with Gasteiger partial charge in [-0.2, -0.15) is 0 Å². The highest BCUT2D eigenvalue weighted by molar-refractivity contribution is 6.07. The maximum absolute atomic E-state index is 11.4. The molecule has 0 aliphatic carbocycles. The summed E-state index contributed by atoms with van der Waals surface area (Å²) in [7, 11) is 0. The van der Waals surface area contributed by atoms with Gasteiger partial charge in [-0.3, -0.25) is 4.79 Å². The summed E-state index contributed by atoms with van der Waals surface area (Å²) in [6.07, 6.45) is 4.91. The number of benzene rings is 1. The van der Waals surface area contributed by atoms with Gasteiger partial charge in [0.25, 0.3) is 0 Å². The molecule has 18 heavy (non-hydrogen) atoms. The lowest BCUT2D eigenvalue weighted by atomic mass is 10.0. The van der Waals surface area contributed by atoms with E-state index in [-0.39, 0.29) is 5.78 Å². The number of carboxylic acid groups (broad SMARTS) is 1. The molecule has 0 saturated carbocycles. The van der Waals surface area contributed by atoms with Crippen LogP contribution in [0.2, 0.25) is 0 Å². The molecule has 0 aliphatic rings. The molecule has 0 bridgehead atoms. The quantitative estimate of drug-likeness (QED) is 0.640. The zero-order valence-corrected chi connectivity index (χ0v) is 9.93. The fraction of sp³-hybridized carbons (Fsp3) is 0.143. The van der Waals surface area contributed by atoms with Crippen LogP contribution in [0.15, 0.2) is 36.5 Å². The number of allylic oxidation sites excluding steroid dienone is 1. The van der Waals surface area contributed by atoms with Crippen molar-refractivity contribution in [2.75, 3.05) is 0 Å². The second-order valence-electron chi connectivity index (χ2n) is 4.04. The lowest BCUT2D eigenvalue weighted by molar-refractivity contribution is -0.131. The van der Waals surface area contributed by atoms with Crippen molar-refractivity contribution in [2.45, 2.75) is 13.3 Å². The van der Waals surface area contributed by atoms with E-state index in [1.54, 1.807) is 12.3 Å². The number of rotatable bonds is 4. The fourth-order valence-corrected chi connectivity index (χ4v) is 1.97. The highest BCUT2D eigenvalue weighted by Gasteiger charge is 2.09. The molecule has 0 saturated heterocycles. The Morgan fingerprint density at radius 2 is 2.17 bits per heavy atom. The summed E-state index contributed by atoms with van der Waals surface area (Å²) in [4.78, 5) is 24.9. The van der Waals surface area contributed by atoms with Crippen LogP contribution in [-0.4, -0.2) is 21.8 Å². The van der Waals surface area contributed by atoms with E-state index in [1.807, 2.05) is 18.2 Å². The summed E-state index contributed by atoms with van der Waals surface area (Å²) in [6, 6.07) is 5.66. The maximum atomic E-state index is 11.4. The van der Waals surface area contributed by atoms with Gasteiger partial charge in [0, 0.05) is 28.7 Å². The molecule has 0 atom stereocenters. The first-order chi connectivity index (χ1) is 8.59. The van der Waals surface area contributed by atoms with Crippen LogP contribution in [0.5, 0.6) is 0 Å². The van der Waals surface area contributed by atoms with Gasteiger partial charge >= 0.3 is 5.97 Å². The van der Waals surface area contributed by atoms with E-state index < -0.39 is 5.97 Å². The Labute approximate surface area is 104 Å². The van der Waals surface area contributed by atoms with Gasteiger partial charge in [-0.05, 0) is 18.9 Å². The average Bonchev–Trinajstić information content (AvgIpc) is 2.73. The number of ketones is 1. The highest BCUT2D eigenvalue weighted by atomic mass is 16.4. The first-order valence-electron chi connectivity index (χ1n) is 5.59. The van der Waals surface area contributed by atoms with Gasteiger partial charge in [-0.1, -0.05) is 24.3 Å². The topological polar surface area (TPSA) is 70.2 Å². The molecule has 0 unspecified atom stereocenters. The predicted molar refractivity (Wildman–Crippen MR) is 68.8 cm³/mol. The molecule has 92 valence electrons. The number of para-hydroxylation sites is 1. The Hall–Kier alpha value is -2.36. The monoisotopic (exact) mass is 243 g/mol. The Balaban J connectivity index is 2.40. The summed E-state index contributed by atoms with van der Waals surface area (Å²) in [6.45, 7) is 1.53. The Bertz CT molecular complexity index is 638. The van der Waals surface area contributed by atoms with Crippen molar-refractivity contribution >= 4 is 22.7 Å². The standard InChI is InChI=1S/C14H13NO3/c1-9(16)12-8-15-14-10(4-2-6-11(12)14)5-3-7-13(17)18/h2-4,6-8,15H,5H2,1H3,(H,17,18). The van der Waals surface area contributed by atoms with Gasteiger partial charge in [-0.25, -0.2) is 4.79 Å². The van der Waals surface area contributed by atoms with E-state index in [2.05, 4.69) is 4.98 Å². The van der Waals surface area contributed by atoms with E-state index in [0.29, 0.717) is 12.0 Å². The van der Waals surface area contributed by atoms with Gasteiger partial charge in [0.05, 0.1) is 0 Å². The van der Waals surface area contributed by atoms with E-state index in [0.717, 1.165) is 22.5 Å². The summed E-state index contributed by atoms with van der Waals surface area (Å²) in [5.74, 6) is -0.947. The van der Waals surface area contributed by atoms with Crippen LogP contribution in [0.3, 0.4) is 0 Å². The first kappa shape index (κ1) is 12.1. The third-order valence-electron chi connectivity index (χ3n) is 2.78. The third kappa shape index (κ3) is 2.32. The molecule has 0 aliphatic heterocycles. The minimum Gasteiger partial charge on any atom is -0.478 e. The lowest BCUT2D eigenvalue weighted by Crippen LogP contribution is -1.90. The second-order valence-corrected chi connectivity index (χ2v) is 4.04. The number of carbonyl (C=O) groups excluding carboxylic acids is 1. The molecule has 4 nitrogen and oxygen atoms in total. The second kappa shape index (κ2) is 4.87. The van der Waals surface area contributed by atoms with Crippen LogP contribution in [-0.2, 0) is 11.2 Å². The summed E-state index contributed by atoms with van der Waals surface area (Å²) in [5.41, 5.74) is 2.52. The number of carboxylic acids is 1. The molecule has 1 heterocycles. The minimum absolute atomic E-state index is 0.0134. The van der Waals surface area contributed by atoms with Crippen LogP contribution in [0.4, 0.5) is 0 Å². The van der Waals surface area contributed by atoms with Gasteiger partial charge < -0.3 is 10.1 Å². The number of aromatic nitrogens is 1. The van der Waals surface area contributed by atoms with E-state index in [9.17, 15) is 9.59 Å².